The van der Waals surface area contributed by atoms with Gasteiger partial charge in [0.2, 0.25) is 0 Å². The lowest BCUT2D eigenvalue weighted by atomic mass is 10.1. The predicted molar refractivity (Wildman–Crippen MR) is 84.2 cm³/mol. The lowest BCUT2D eigenvalue weighted by molar-refractivity contribution is 0.202. The second-order valence-corrected chi connectivity index (χ2v) is 5.76. The van der Waals surface area contributed by atoms with Crippen molar-refractivity contribution in [2.45, 2.75) is 27.3 Å². The standard InChI is InChI=1S/C16H22N4O2/c1-11(2)10-20(4)16(21)17-9-14-18-15(22-19-14)13-8-6-5-7-12(13)3/h5-8,11H,9-10H2,1-4H3,(H,17,21). The van der Waals surface area contributed by atoms with Gasteiger partial charge in [-0.3, -0.25) is 0 Å². The Labute approximate surface area is 130 Å². The maximum Gasteiger partial charge on any atom is 0.317 e. The maximum atomic E-state index is 11.9. The number of nitrogens with zero attached hydrogens (tertiary/aromatic N) is 3. The van der Waals surface area contributed by atoms with Gasteiger partial charge in [-0.15, -0.1) is 0 Å². The number of rotatable bonds is 5. The Bertz CT molecular complexity index is 637. The zero-order valence-corrected chi connectivity index (χ0v) is 13.5. The van der Waals surface area contributed by atoms with E-state index in [1.807, 2.05) is 31.2 Å². The van der Waals surface area contributed by atoms with E-state index in [0.29, 0.717) is 24.2 Å². The molecule has 0 saturated heterocycles. The fraction of sp³-hybridized carbons (Fsp3) is 0.438. The highest BCUT2D eigenvalue weighted by molar-refractivity contribution is 5.73. The molecule has 0 fully saturated rings. The summed E-state index contributed by atoms with van der Waals surface area (Å²) in [6.07, 6.45) is 0. The van der Waals surface area contributed by atoms with Crippen LogP contribution in [0, 0.1) is 12.8 Å². The average molecular weight is 302 g/mol. The number of urea groups is 1. The summed E-state index contributed by atoms with van der Waals surface area (Å²) in [6.45, 7) is 7.07. The van der Waals surface area contributed by atoms with Gasteiger partial charge in [-0.2, -0.15) is 4.98 Å². The van der Waals surface area contributed by atoms with E-state index in [0.717, 1.165) is 11.1 Å². The Kier molecular flexibility index (Phi) is 5.14. The smallest absolute Gasteiger partial charge is 0.317 e. The molecule has 22 heavy (non-hydrogen) atoms. The topological polar surface area (TPSA) is 71.3 Å². The van der Waals surface area contributed by atoms with E-state index in [-0.39, 0.29) is 12.6 Å². The van der Waals surface area contributed by atoms with E-state index >= 15 is 0 Å². The van der Waals surface area contributed by atoms with Crippen molar-refractivity contribution in [3.63, 3.8) is 0 Å². The molecule has 2 amide bonds. The Balaban J connectivity index is 1.96. The summed E-state index contributed by atoms with van der Waals surface area (Å²) in [5.41, 5.74) is 1.97. The van der Waals surface area contributed by atoms with Gasteiger partial charge in [-0.1, -0.05) is 37.2 Å². The second-order valence-electron chi connectivity index (χ2n) is 5.76. The summed E-state index contributed by atoms with van der Waals surface area (Å²) >= 11 is 0. The lowest BCUT2D eigenvalue weighted by Crippen LogP contribution is -2.38. The van der Waals surface area contributed by atoms with Crippen molar-refractivity contribution in [3.05, 3.63) is 35.7 Å². The predicted octanol–water partition coefficient (Wildman–Crippen LogP) is 2.84. The van der Waals surface area contributed by atoms with Gasteiger partial charge in [0.15, 0.2) is 5.82 Å². The molecule has 0 saturated carbocycles. The number of hydrogen-bond acceptors (Lipinski definition) is 4. The molecule has 1 aromatic heterocycles. The second kappa shape index (κ2) is 7.06. The molecule has 118 valence electrons. The van der Waals surface area contributed by atoms with Crippen molar-refractivity contribution in [1.29, 1.82) is 0 Å². The first kappa shape index (κ1) is 16.0. The molecule has 0 aliphatic rings. The third-order valence-corrected chi connectivity index (χ3v) is 3.23. The van der Waals surface area contributed by atoms with Crippen LogP contribution in [0.4, 0.5) is 4.79 Å². The Morgan fingerprint density at radius 2 is 2.09 bits per heavy atom. The molecule has 6 heteroatoms. The highest BCUT2D eigenvalue weighted by atomic mass is 16.5. The third-order valence-electron chi connectivity index (χ3n) is 3.23. The van der Waals surface area contributed by atoms with Crippen molar-refractivity contribution in [3.8, 4) is 11.5 Å². The molecule has 0 bridgehead atoms. The fourth-order valence-corrected chi connectivity index (χ4v) is 2.17. The van der Waals surface area contributed by atoms with Gasteiger partial charge in [0, 0.05) is 19.2 Å². The third kappa shape index (κ3) is 4.07. The molecule has 2 aromatic rings. The summed E-state index contributed by atoms with van der Waals surface area (Å²) in [5.74, 6) is 1.36. The van der Waals surface area contributed by atoms with Crippen LogP contribution in [-0.4, -0.2) is 34.7 Å². The summed E-state index contributed by atoms with van der Waals surface area (Å²) < 4.78 is 5.26. The summed E-state index contributed by atoms with van der Waals surface area (Å²) in [4.78, 5) is 17.9. The minimum Gasteiger partial charge on any atom is -0.334 e. The molecule has 0 spiro atoms. The van der Waals surface area contributed by atoms with Crippen molar-refractivity contribution < 1.29 is 9.32 Å². The first-order valence-corrected chi connectivity index (χ1v) is 7.35. The SMILES string of the molecule is Cc1ccccc1-c1nc(CNC(=O)N(C)CC(C)C)no1. The number of aromatic nitrogens is 2. The highest BCUT2D eigenvalue weighted by Gasteiger charge is 2.13. The van der Waals surface area contributed by atoms with Crippen molar-refractivity contribution in [1.82, 2.24) is 20.4 Å². The van der Waals surface area contributed by atoms with E-state index < -0.39 is 0 Å². The van der Waals surface area contributed by atoms with Gasteiger partial charge in [-0.25, -0.2) is 4.79 Å². The van der Waals surface area contributed by atoms with Crippen LogP contribution in [0.5, 0.6) is 0 Å². The zero-order valence-electron chi connectivity index (χ0n) is 13.5. The number of nitrogens with one attached hydrogen (secondary N) is 1. The van der Waals surface area contributed by atoms with Crippen LogP contribution in [0.1, 0.15) is 25.2 Å². The Morgan fingerprint density at radius 1 is 1.36 bits per heavy atom. The zero-order chi connectivity index (χ0) is 16.1. The largest absolute Gasteiger partial charge is 0.334 e. The van der Waals surface area contributed by atoms with Crippen LogP contribution in [0.15, 0.2) is 28.8 Å². The maximum absolute atomic E-state index is 11.9. The van der Waals surface area contributed by atoms with Crippen molar-refractivity contribution in [2.75, 3.05) is 13.6 Å². The molecule has 0 radical (unpaired) electrons. The van der Waals surface area contributed by atoms with Crippen LogP contribution in [0.25, 0.3) is 11.5 Å². The van der Waals surface area contributed by atoms with Crippen LogP contribution in [-0.2, 0) is 6.54 Å². The van der Waals surface area contributed by atoms with Gasteiger partial charge >= 0.3 is 6.03 Å². The molecule has 0 atom stereocenters. The van der Waals surface area contributed by atoms with Crippen LogP contribution in [0.2, 0.25) is 0 Å². The quantitative estimate of drug-likeness (QED) is 0.922. The van der Waals surface area contributed by atoms with Gasteiger partial charge in [0.25, 0.3) is 5.89 Å². The summed E-state index contributed by atoms with van der Waals surface area (Å²) in [7, 11) is 1.77. The van der Waals surface area contributed by atoms with Gasteiger partial charge in [0.05, 0.1) is 6.54 Å². The summed E-state index contributed by atoms with van der Waals surface area (Å²) in [6, 6.07) is 7.66. The molecular weight excluding hydrogens is 280 g/mol. The molecule has 0 aliphatic heterocycles. The molecule has 0 aliphatic carbocycles. The molecule has 6 nitrogen and oxygen atoms in total. The molecule has 1 heterocycles. The summed E-state index contributed by atoms with van der Waals surface area (Å²) in [5, 5.41) is 6.69. The molecule has 0 unspecified atom stereocenters. The number of benzene rings is 1. The number of aryl methyl sites for hydroxylation is 1. The van der Waals surface area contributed by atoms with E-state index in [2.05, 4.69) is 29.3 Å². The molecule has 2 rings (SSSR count). The van der Waals surface area contributed by atoms with Gasteiger partial charge in [-0.05, 0) is 24.5 Å². The van der Waals surface area contributed by atoms with Crippen molar-refractivity contribution in [2.24, 2.45) is 5.92 Å². The fourth-order valence-electron chi connectivity index (χ4n) is 2.17. The minimum atomic E-state index is -0.143. The van der Waals surface area contributed by atoms with E-state index in [4.69, 9.17) is 4.52 Å². The molecule has 1 N–H and O–H groups in total. The number of amides is 2. The Hall–Kier alpha value is -2.37. The normalized spacial score (nSPS) is 10.8. The van der Waals surface area contributed by atoms with E-state index in [1.165, 1.54) is 0 Å². The number of carbonyl (C=O) groups excluding carboxylic acids is 1. The lowest BCUT2D eigenvalue weighted by Gasteiger charge is -2.19. The number of hydrogen-bond donors (Lipinski definition) is 1. The van der Waals surface area contributed by atoms with Crippen LogP contribution < -0.4 is 5.32 Å². The Morgan fingerprint density at radius 3 is 2.77 bits per heavy atom. The first-order chi connectivity index (χ1) is 10.5. The minimum absolute atomic E-state index is 0.143. The first-order valence-electron chi connectivity index (χ1n) is 7.35. The van der Waals surface area contributed by atoms with E-state index in [9.17, 15) is 4.79 Å². The monoisotopic (exact) mass is 302 g/mol. The van der Waals surface area contributed by atoms with E-state index in [1.54, 1.807) is 11.9 Å². The average Bonchev–Trinajstić information content (AvgIpc) is 2.93. The van der Waals surface area contributed by atoms with Crippen molar-refractivity contribution >= 4 is 6.03 Å². The van der Waals surface area contributed by atoms with Gasteiger partial charge in [0.1, 0.15) is 0 Å². The molecule has 1 aromatic carbocycles. The van der Waals surface area contributed by atoms with Gasteiger partial charge < -0.3 is 14.7 Å². The van der Waals surface area contributed by atoms with Crippen LogP contribution >= 0.6 is 0 Å². The number of carbonyl (C=O) groups is 1. The highest BCUT2D eigenvalue weighted by Crippen LogP contribution is 2.20. The molecular formula is C16H22N4O2. The van der Waals surface area contributed by atoms with Crippen LogP contribution in [0.3, 0.4) is 0 Å².